The summed E-state index contributed by atoms with van der Waals surface area (Å²) >= 11 is 0. The fourth-order valence-electron chi connectivity index (χ4n) is 3.96. The number of esters is 4. The number of methoxy groups -OCH3 is 2. The van der Waals surface area contributed by atoms with E-state index in [1.165, 1.54) is 38.5 Å². The average Bonchev–Trinajstić information content (AvgIpc) is 3.04. The molecule has 0 spiro atoms. The van der Waals surface area contributed by atoms with E-state index in [4.69, 9.17) is 18.9 Å². The molecule has 2 aromatic carbocycles. The third-order valence-corrected chi connectivity index (χ3v) is 6.33. The Hall–Kier alpha value is -4.96. The van der Waals surface area contributed by atoms with E-state index in [0.29, 0.717) is 11.1 Å². The number of nitrogens with zero attached hydrogens (tertiary/aromatic N) is 2. The minimum absolute atomic E-state index is 0.0313. The Balaban J connectivity index is 0.000000460. The number of benzene rings is 2. The maximum absolute atomic E-state index is 11.9. The molecule has 0 aliphatic rings. The van der Waals surface area contributed by atoms with Crippen LogP contribution >= 0.6 is 0 Å². The summed E-state index contributed by atoms with van der Waals surface area (Å²) in [5.74, 6) is -1.99. The molecule has 0 fully saturated rings. The van der Waals surface area contributed by atoms with Gasteiger partial charge in [0.2, 0.25) is 0 Å². The molecule has 0 radical (unpaired) electrons. The van der Waals surface area contributed by atoms with Crippen LogP contribution in [0.3, 0.4) is 0 Å². The number of carbonyl (C=O) groups excluding carboxylic acids is 4. The maximum Gasteiger partial charge on any atom is 0.323 e. The van der Waals surface area contributed by atoms with Crippen LogP contribution < -0.4 is 10.6 Å². The van der Waals surface area contributed by atoms with Gasteiger partial charge in [-0.15, -0.1) is 0 Å². The predicted octanol–water partition coefficient (Wildman–Crippen LogP) is 2.44. The van der Waals surface area contributed by atoms with Gasteiger partial charge >= 0.3 is 23.9 Å². The molecule has 46 heavy (non-hydrogen) atoms. The van der Waals surface area contributed by atoms with Gasteiger partial charge in [-0.3, -0.25) is 50.0 Å². The molecule has 2 aromatic rings. The molecule has 0 saturated carbocycles. The summed E-state index contributed by atoms with van der Waals surface area (Å²) in [7, 11) is 2.50. The first-order valence-corrected chi connectivity index (χ1v) is 14.2. The lowest BCUT2D eigenvalue weighted by Gasteiger charge is -2.20. The molecule has 16 heteroatoms. The largest absolute Gasteiger partial charge is 0.468 e. The monoisotopic (exact) mass is 648 g/mol. The van der Waals surface area contributed by atoms with Crippen molar-refractivity contribution in [2.45, 2.75) is 64.7 Å². The third-order valence-electron chi connectivity index (χ3n) is 6.33. The smallest absolute Gasteiger partial charge is 0.323 e. The first kappa shape index (κ1) is 39.1. The van der Waals surface area contributed by atoms with Gasteiger partial charge in [-0.05, 0) is 51.7 Å². The first-order chi connectivity index (χ1) is 21.8. The maximum atomic E-state index is 11.9. The summed E-state index contributed by atoms with van der Waals surface area (Å²) in [6.07, 6.45) is 0.461. The molecule has 252 valence electrons. The Morgan fingerprint density at radius 2 is 0.935 bits per heavy atom. The van der Waals surface area contributed by atoms with Crippen LogP contribution in [0.1, 0.15) is 38.8 Å². The van der Waals surface area contributed by atoms with Gasteiger partial charge in [0.1, 0.15) is 24.2 Å². The van der Waals surface area contributed by atoms with Crippen LogP contribution in [0.4, 0.5) is 11.4 Å². The van der Waals surface area contributed by atoms with Gasteiger partial charge in [-0.1, -0.05) is 24.3 Å². The first-order valence-electron chi connectivity index (χ1n) is 14.2. The molecule has 0 aromatic heterocycles. The summed E-state index contributed by atoms with van der Waals surface area (Å²) in [6, 6.07) is 8.79. The molecular formula is C30H40N4O12. The van der Waals surface area contributed by atoms with E-state index in [1.54, 1.807) is 52.0 Å². The summed E-state index contributed by atoms with van der Waals surface area (Å²) in [4.78, 5) is 67.3. The molecule has 0 heterocycles. The fourth-order valence-corrected chi connectivity index (χ4v) is 3.96. The van der Waals surface area contributed by atoms with Crippen LogP contribution in [0.5, 0.6) is 0 Å². The number of ether oxygens (including phenoxy) is 4. The van der Waals surface area contributed by atoms with Crippen molar-refractivity contribution in [2.24, 2.45) is 0 Å². The number of nitro benzene ring substituents is 2. The van der Waals surface area contributed by atoms with Crippen LogP contribution in [-0.4, -0.2) is 85.3 Å². The highest BCUT2D eigenvalue weighted by Crippen LogP contribution is 2.15. The average molecular weight is 649 g/mol. The lowest BCUT2D eigenvalue weighted by atomic mass is 10.0. The predicted molar refractivity (Wildman–Crippen MR) is 164 cm³/mol. The third kappa shape index (κ3) is 13.4. The van der Waals surface area contributed by atoms with E-state index in [0.717, 1.165) is 0 Å². The molecule has 4 atom stereocenters. The van der Waals surface area contributed by atoms with Crippen molar-refractivity contribution < 1.29 is 48.0 Å². The fraction of sp³-hybridized carbons (Fsp3) is 0.467. The molecule has 0 saturated heterocycles. The second-order valence-corrected chi connectivity index (χ2v) is 9.69. The van der Waals surface area contributed by atoms with E-state index in [-0.39, 0.29) is 37.4 Å². The molecule has 0 aliphatic carbocycles. The SMILES string of the molecule is CCOC(=O)C(C)N[C@@H](Cc1ccc([N+](=O)[O-])cc1)C(=O)OC.CCOC(=O)[C@H](C)N[C@@H](Cc1ccc([N+](=O)[O-])cc1)C(=O)OC. The Labute approximate surface area is 266 Å². The van der Waals surface area contributed by atoms with Crippen molar-refractivity contribution >= 4 is 35.3 Å². The van der Waals surface area contributed by atoms with Crippen LogP contribution in [-0.2, 0) is 51.0 Å². The highest BCUT2D eigenvalue weighted by atomic mass is 16.6. The number of non-ortho nitro benzene ring substituents is 2. The van der Waals surface area contributed by atoms with E-state index in [1.807, 2.05) is 0 Å². The van der Waals surface area contributed by atoms with Gasteiger partial charge in [0.25, 0.3) is 11.4 Å². The van der Waals surface area contributed by atoms with E-state index < -0.39 is 57.9 Å². The number of carbonyl (C=O) groups is 4. The summed E-state index contributed by atoms with van der Waals surface area (Å²) in [5.41, 5.74) is 1.34. The number of hydrogen-bond donors (Lipinski definition) is 2. The molecule has 2 N–H and O–H groups in total. The number of nitrogens with one attached hydrogen (secondary N) is 2. The van der Waals surface area contributed by atoms with Crippen LogP contribution in [0.25, 0.3) is 0 Å². The summed E-state index contributed by atoms with van der Waals surface area (Å²) in [6.45, 7) is 7.05. The quantitative estimate of drug-likeness (QED) is 0.116. The van der Waals surface area contributed by atoms with Crippen LogP contribution in [0.2, 0.25) is 0 Å². The van der Waals surface area contributed by atoms with Gasteiger partial charge in [0, 0.05) is 24.3 Å². The molecule has 0 aliphatic heterocycles. The van der Waals surface area contributed by atoms with Gasteiger partial charge in [-0.2, -0.15) is 0 Å². The topological polar surface area (TPSA) is 216 Å². The number of hydrogen-bond acceptors (Lipinski definition) is 14. The van der Waals surface area contributed by atoms with Crippen LogP contribution in [0, 0.1) is 20.2 Å². The van der Waals surface area contributed by atoms with Crippen molar-refractivity contribution in [1.29, 1.82) is 0 Å². The van der Waals surface area contributed by atoms with Gasteiger partial charge < -0.3 is 18.9 Å². The highest BCUT2D eigenvalue weighted by molar-refractivity contribution is 5.80. The van der Waals surface area contributed by atoms with Crippen molar-refractivity contribution in [3.05, 3.63) is 79.9 Å². The molecular weight excluding hydrogens is 608 g/mol. The molecule has 1 unspecified atom stereocenters. The Kier molecular flexibility index (Phi) is 17.1. The van der Waals surface area contributed by atoms with E-state index >= 15 is 0 Å². The molecule has 0 bridgehead atoms. The van der Waals surface area contributed by atoms with Crippen molar-refractivity contribution in [3.8, 4) is 0 Å². The van der Waals surface area contributed by atoms with E-state index in [2.05, 4.69) is 10.6 Å². The Morgan fingerprint density at radius 3 is 1.17 bits per heavy atom. The van der Waals surface area contributed by atoms with Gasteiger partial charge in [0.05, 0.1) is 37.3 Å². The minimum atomic E-state index is -0.763. The Morgan fingerprint density at radius 1 is 0.630 bits per heavy atom. The zero-order valence-electron chi connectivity index (χ0n) is 26.6. The number of rotatable bonds is 16. The summed E-state index contributed by atoms with van der Waals surface area (Å²) < 4.78 is 19.2. The van der Waals surface area contributed by atoms with Gasteiger partial charge in [0.15, 0.2) is 0 Å². The van der Waals surface area contributed by atoms with E-state index in [9.17, 15) is 39.4 Å². The second-order valence-electron chi connectivity index (χ2n) is 9.69. The number of nitro groups is 2. The lowest BCUT2D eigenvalue weighted by molar-refractivity contribution is -0.385. The standard InChI is InChI=1S/2C15H20N2O6/c2*1-4-23-14(18)10(2)16-13(15(19)22-3)9-11-5-7-12(8-6-11)17(20)21/h2*5-8,10,13,16H,4,9H2,1-3H3/t10?,13-;10-,13-/m00/s1. The zero-order chi connectivity index (χ0) is 34.8. The Bertz CT molecular complexity index is 1220. The minimum Gasteiger partial charge on any atom is -0.468 e. The lowest BCUT2D eigenvalue weighted by Crippen LogP contribution is -2.47. The van der Waals surface area contributed by atoms with Crippen molar-refractivity contribution in [3.63, 3.8) is 0 Å². The van der Waals surface area contributed by atoms with Crippen LogP contribution in [0.15, 0.2) is 48.5 Å². The van der Waals surface area contributed by atoms with Crippen molar-refractivity contribution in [2.75, 3.05) is 27.4 Å². The second kappa shape index (κ2) is 20.1. The normalized spacial score (nSPS) is 13.0. The zero-order valence-corrected chi connectivity index (χ0v) is 26.6. The van der Waals surface area contributed by atoms with Gasteiger partial charge in [-0.25, -0.2) is 0 Å². The summed E-state index contributed by atoms with van der Waals surface area (Å²) in [5, 5.41) is 27.0. The van der Waals surface area contributed by atoms with Crippen molar-refractivity contribution in [1.82, 2.24) is 10.6 Å². The molecule has 16 nitrogen and oxygen atoms in total. The molecule has 2 rings (SSSR count). The molecule has 0 amide bonds. The highest BCUT2D eigenvalue weighted by Gasteiger charge is 2.26.